The lowest BCUT2D eigenvalue weighted by Gasteiger charge is -2.14. The first-order valence-electron chi connectivity index (χ1n) is 6.00. The normalized spacial score (nSPS) is 13.0. The second-order valence-electron chi connectivity index (χ2n) is 4.43. The van der Waals surface area contributed by atoms with Crippen LogP contribution in [0.4, 0.5) is 13.2 Å². The number of ether oxygens (including phenoxy) is 1. The van der Waals surface area contributed by atoms with Crippen molar-refractivity contribution < 1.29 is 23.0 Å². The first-order valence-corrected chi connectivity index (χ1v) is 6.00. The summed E-state index contributed by atoms with van der Waals surface area (Å²) in [7, 11) is 0. The zero-order valence-electron chi connectivity index (χ0n) is 10.7. The maximum absolute atomic E-state index is 12.1. The first kappa shape index (κ1) is 14.2. The number of phenols is 1. The maximum atomic E-state index is 12.1. The van der Waals surface area contributed by atoms with Crippen molar-refractivity contribution in [2.24, 2.45) is 0 Å². The lowest BCUT2D eigenvalue weighted by atomic mass is 9.93. The van der Waals surface area contributed by atoms with E-state index >= 15 is 0 Å². The van der Waals surface area contributed by atoms with Crippen LogP contribution in [0.1, 0.15) is 24.0 Å². The Kier molecular flexibility index (Phi) is 3.88. The molecule has 0 aliphatic rings. The van der Waals surface area contributed by atoms with Crippen LogP contribution in [-0.2, 0) is 0 Å². The van der Waals surface area contributed by atoms with Gasteiger partial charge in [-0.05, 0) is 35.4 Å². The minimum atomic E-state index is -4.68. The number of hydrogen-bond donors (Lipinski definition) is 1. The monoisotopic (exact) mass is 282 g/mol. The molecule has 2 aromatic carbocycles. The van der Waals surface area contributed by atoms with Crippen molar-refractivity contribution in [3.63, 3.8) is 0 Å². The van der Waals surface area contributed by atoms with E-state index in [1.165, 1.54) is 12.1 Å². The third-order valence-electron chi connectivity index (χ3n) is 3.01. The second kappa shape index (κ2) is 5.45. The molecule has 0 aliphatic heterocycles. The molecule has 2 nitrogen and oxygen atoms in total. The fourth-order valence-electron chi connectivity index (χ4n) is 1.91. The SMILES string of the molecule is CC(c1ccc(O)cc1)c1ccc(OC(F)(F)F)cc1. The highest BCUT2D eigenvalue weighted by molar-refractivity contribution is 5.37. The summed E-state index contributed by atoms with van der Waals surface area (Å²) >= 11 is 0. The van der Waals surface area contributed by atoms with E-state index in [-0.39, 0.29) is 17.4 Å². The molecule has 0 saturated carbocycles. The predicted molar refractivity (Wildman–Crippen MR) is 68.7 cm³/mol. The van der Waals surface area contributed by atoms with E-state index in [2.05, 4.69) is 4.74 Å². The van der Waals surface area contributed by atoms with Crippen molar-refractivity contribution >= 4 is 0 Å². The van der Waals surface area contributed by atoms with E-state index in [0.717, 1.165) is 11.1 Å². The van der Waals surface area contributed by atoms with E-state index in [4.69, 9.17) is 0 Å². The molecule has 0 amide bonds. The van der Waals surface area contributed by atoms with E-state index in [0.29, 0.717) is 0 Å². The molecule has 0 aromatic heterocycles. The molecule has 1 atom stereocenters. The van der Waals surface area contributed by atoms with E-state index in [9.17, 15) is 18.3 Å². The third kappa shape index (κ3) is 3.66. The molecule has 5 heteroatoms. The standard InChI is InChI=1S/C15H13F3O2/c1-10(11-2-6-13(19)7-3-11)12-4-8-14(9-5-12)20-15(16,17)18/h2-10,19H,1H3. The van der Waals surface area contributed by atoms with Gasteiger partial charge in [0.15, 0.2) is 0 Å². The Hall–Kier alpha value is -2.17. The number of benzene rings is 2. The average molecular weight is 282 g/mol. The molecule has 0 aliphatic carbocycles. The topological polar surface area (TPSA) is 29.5 Å². The Morgan fingerprint density at radius 3 is 1.80 bits per heavy atom. The lowest BCUT2D eigenvalue weighted by Crippen LogP contribution is -2.17. The Bertz CT molecular complexity index is 559. The fourth-order valence-corrected chi connectivity index (χ4v) is 1.91. The quantitative estimate of drug-likeness (QED) is 0.901. The summed E-state index contributed by atoms with van der Waals surface area (Å²) < 4.78 is 40.0. The van der Waals surface area contributed by atoms with Gasteiger partial charge in [0.2, 0.25) is 0 Å². The Balaban J connectivity index is 2.15. The molecule has 0 spiro atoms. The highest BCUT2D eigenvalue weighted by Gasteiger charge is 2.31. The van der Waals surface area contributed by atoms with Gasteiger partial charge in [0.1, 0.15) is 11.5 Å². The third-order valence-corrected chi connectivity index (χ3v) is 3.01. The van der Waals surface area contributed by atoms with Gasteiger partial charge < -0.3 is 9.84 Å². The highest BCUT2D eigenvalue weighted by atomic mass is 19.4. The molecule has 1 unspecified atom stereocenters. The van der Waals surface area contributed by atoms with Crippen molar-refractivity contribution in [3.05, 3.63) is 59.7 Å². The molecular formula is C15H13F3O2. The van der Waals surface area contributed by atoms with Crippen LogP contribution in [0, 0.1) is 0 Å². The molecule has 0 bridgehead atoms. The number of phenolic OH excluding ortho intramolecular Hbond substituents is 1. The van der Waals surface area contributed by atoms with Gasteiger partial charge in [-0.2, -0.15) is 0 Å². The van der Waals surface area contributed by atoms with Crippen molar-refractivity contribution in [3.8, 4) is 11.5 Å². The summed E-state index contributed by atoms with van der Waals surface area (Å²) in [5.74, 6) is -0.0513. The molecule has 0 fully saturated rings. The molecule has 0 radical (unpaired) electrons. The highest BCUT2D eigenvalue weighted by Crippen LogP contribution is 2.28. The Morgan fingerprint density at radius 1 is 0.900 bits per heavy atom. The van der Waals surface area contributed by atoms with Crippen LogP contribution in [0.15, 0.2) is 48.5 Å². The van der Waals surface area contributed by atoms with Crippen LogP contribution < -0.4 is 4.74 Å². The van der Waals surface area contributed by atoms with Crippen LogP contribution in [-0.4, -0.2) is 11.5 Å². The van der Waals surface area contributed by atoms with Crippen LogP contribution in [0.25, 0.3) is 0 Å². The fraction of sp³-hybridized carbons (Fsp3) is 0.200. The van der Waals surface area contributed by atoms with E-state index < -0.39 is 6.36 Å². The maximum Gasteiger partial charge on any atom is 0.573 e. The predicted octanol–water partition coefficient (Wildman–Crippen LogP) is 4.44. The average Bonchev–Trinajstić information content (AvgIpc) is 2.38. The number of alkyl halides is 3. The summed E-state index contributed by atoms with van der Waals surface area (Å²) in [6, 6.07) is 12.5. The van der Waals surface area contributed by atoms with Crippen molar-refractivity contribution in [1.29, 1.82) is 0 Å². The molecule has 0 heterocycles. The summed E-state index contributed by atoms with van der Waals surface area (Å²) in [4.78, 5) is 0. The van der Waals surface area contributed by atoms with Crippen molar-refractivity contribution in [2.45, 2.75) is 19.2 Å². The Labute approximate surface area is 114 Å². The molecule has 2 aromatic rings. The van der Waals surface area contributed by atoms with Gasteiger partial charge in [0.25, 0.3) is 0 Å². The summed E-state index contributed by atoms with van der Waals surface area (Å²) in [5.41, 5.74) is 1.83. The van der Waals surface area contributed by atoms with E-state index in [1.54, 1.807) is 36.4 Å². The summed E-state index contributed by atoms with van der Waals surface area (Å²) in [5, 5.41) is 9.23. The van der Waals surface area contributed by atoms with Crippen LogP contribution in [0.3, 0.4) is 0 Å². The van der Waals surface area contributed by atoms with Gasteiger partial charge in [0, 0.05) is 5.92 Å². The van der Waals surface area contributed by atoms with Crippen LogP contribution >= 0.6 is 0 Å². The molecule has 20 heavy (non-hydrogen) atoms. The largest absolute Gasteiger partial charge is 0.573 e. The minimum Gasteiger partial charge on any atom is -0.508 e. The van der Waals surface area contributed by atoms with Crippen LogP contribution in [0.2, 0.25) is 0 Å². The zero-order chi connectivity index (χ0) is 14.8. The van der Waals surface area contributed by atoms with Gasteiger partial charge in [-0.15, -0.1) is 13.2 Å². The smallest absolute Gasteiger partial charge is 0.508 e. The van der Waals surface area contributed by atoms with Gasteiger partial charge in [-0.25, -0.2) is 0 Å². The summed E-state index contributed by atoms with van der Waals surface area (Å²) in [6.07, 6.45) is -4.68. The lowest BCUT2D eigenvalue weighted by molar-refractivity contribution is -0.274. The Morgan fingerprint density at radius 2 is 1.35 bits per heavy atom. The molecular weight excluding hydrogens is 269 g/mol. The van der Waals surface area contributed by atoms with Crippen molar-refractivity contribution in [1.82, 2.24) is 0 Å². The number of hydrogen-bond acceptors (Lipinski definition) is 2. The van der Waals surface area contributed by atoms with Crippen LogP contribution in [0.5, 0.6) is 11.5 Å². The number of rotatable bonds is 3. The van der Waals surface area contributed by atoms with Gasteiger partial charge >= 0.3 is 6.36 Å². The van der Waals surface area contributed by atoms with Gasteiger partial charge in [0.05, 0.1) is 0 Å². The van der Waals surface area contributed by atoms with Crippen molar-refractivity contribution in [2.75, 3.05) is 0 Å². The number of halogens is 3. The van der Waals surface area contributed by atoms with Gasteiger partial charge in [-0.3, -0.25) is 0 Å². The molecule has 2 rings (SSSR count). The number of aromatic hydroxyl groups is 1. The second-order valence-corrected chi connectivity index (χ2v) is 4.43. The minimum absolute atomic E-state index is 0.00976. The molecule has 1 N–H and O–H groups in total. The van der Waals surface area contributed by atoms with E-state index in [1.807, 2.05) is 6.92 Å². The van der Waals surface area contributed by atoms with Gasteiger partial charge in [-0.1, -0.05) is 31.2 Å². The molecule has 106 valence electrons. The first-order chi connectivity index (χ1) is 9.35. The summed E-state index contributed by atoms with van der Waals surface area (Å²) in [6.45, 7) is 1.94. The molecule has 0 saturated heterocycles. The zero-order valence-corrected chi connectivity index (χ0v) is 10.7.